The molecule has 0 bridgehead atoms. The maximum Gasteiger partial charge on any atom is 0.244 e. The van der Waals surface area contributed by atoms with E-state index < -0.39 is 0 Å². The maximum atomic E-state index is 12.5. The van der Waals surface area contributed by atoms with Crippen molar-refractivity contribution in [1.82, 2.24) is 19.7 Å². The van der Waals surface area contributed by atoms with Gasteiger partial charge >= 0.3 is 0 Å². The first-order valence-corrected chi connectivity index (χ1v) is 7.69. The molecule has 2 aromatic rings. The van der Waals surface area contributed by atoms with Gasteiger partial charge in [0.1, 0.15) is 12.9 Å². The minimum atomic E-state index is -0.223. The molecule has 122 valence electrons. The summed E-state index contributed by atoms with van der Waals surface area (Å²) in [6, 6.07) is 11.2. The number of hydrogen-bond donors (Lipinski definition) is 0. The van der Waals surface area contributed by atoms with Gasteiger partial charge in [0.15, 0.2) is 5.82 Å². The lowest BCUT2D eigenvalue weighted by Gasteiger charge is -2.20. The highest BCUT2D eigenvalue weighted by Crippen LogP contribution is 2.25. The highest BCUT2D eigenvalue weighted by atomic mass is 35.5. The van der Waals surface area contributed by atoms with Crippen molar-refractivity contribution >= 4 is 17.5 Å². The van der Waals surface area contributed by atoms with Crippen molar-refractivity contribution < 1.29 is 4.79 Å². The van der Waals surface area contributed by atoms with E-state index in [1.54, 1.807) is 12.1 Å². The second kappa shape index (κ2) is 8.66. The number of nitriles is 2. The van der Waals surface area contributed by atoms with Gasteiger partial charge in [-0.05, 0) is 12.1 Å². The van der Waals surface area contributed by atoms with Gasteiger partial charge in [0.2, 0.25) is 5.91 Å². The molecule has 0 unspecified atom stereocenters. The highest BCUT2D eigenvalue weighted by molar-refractivity contribution is 6.33. The number of halogens is 1. The Hall–Kier alpha value is -2.90. The molecule has 1 aromatic carbocycles. The minimum Gasteiger partial charge on any atom is -0.339 e. The van der Waals surface area contributed by atoms with Crippen LogP contribution in [0, 0.1) is 22.7 Å². The molecule has 2 rings (SSSR count). The summed E-state index contributed by atoms with van der Waals surface area (Å²) in [6.07, 6.45) is 1.79. The molecule has 7 nitrogen and oxygen atoms in total. The van der Waals surface area contributed by atoms with Crippen LogP contribution in [0.15, 0.2) is 30.6 Å². The number of carbonyl (C=O) groups excluding carboxylic acids is 1. The van der Waals surface area contributed by atoms with Crippen LogP contribution in [0.3, 0.4) is 0 Å². The van der Waals surface area contributed by atoms with Crippen LogP contribution in [0.4, 0.5) is 0 Å². The zero-order valence-electron chi connectivity index (χ0n) is 12.9. The summed E-state index contributed by atoms with van der Waals surface area (Å²) < 4.78 is 1.47. The van der Waals surface area contributed by atoms with E-state index in [0.29, 0.717) is 16.4 Å². The van der Waals surface area contributed by atoms with Gasteiger partial charge in [0, 0.05) is 18.7 Å². The van der Waals surface area contributed by atoms with Crippen LogP contribution in [-0.4, -0.2) is 38.7 Å². The van der Waals surface area contributed by atoms with E-state index in [9.17, 15) is 4.79 Å². The Labute approximate surface area is 144 Å². The van der Waals surface area contributed by atoms with E-state index >= 15 is 0 Å². The topological polar surface area (TPSA) is 98.6 Å². The number of aromatic nitrogens is 3. The Bertz CT molecular complexity index is 770. The van der Waals surface area contributed by atoms with Gasteiger partial charge in [0.25, 0.3) is 0 Å². The number of hydrogen-bond acceptors (Lipinski definition) is 5. The van der Waals surface area contributed by atoms with Crippen LogP contribution in [0.5, 0.6) is 0 Å². The predicted molar refractivity (Wildman–Crippen MR) is 87.5 cm³/mol. The number of benzene rings is 1. The summed E-state index contributed by atoms with van der Waals surface area (Å²) in [6.45, 7) is 0.539. The third kappa shape index (κ3) is 4.31. The molecule has 0 atom stereocenters. The molecule has 0 N–H and O–H groups in total. The lowest BCUT2D eigenvalue weighted by atomic mass is 10.2. The number of rotatable bonds is 7. The van der Waals surface area contributed by atoms with Crippen LogP contribution in [0.2, 0.25) is 5.02 Å². The monoisotopic (exact) mass is 342 g/mol. The highest BCUT2D eigenvalue weighted by Gasteiger charge is 2.17. The summed E-state index contributed by atoms with van der Waals surface area (Å²) in [5, 5.41) is 22.0. The summed E-state index contributed by atoms with van der Waals surface area (Å²) in [5.74, 6) is 0.272. The number of amides is 1. The summed E-state index contributed by atoms with van der Waals surface area (Å²) in [5.41, 5.74) is 0.685. The van der Waals surface area contributed by atoms with E-state index in [-0.39, 0.29) is 38.4 Å². The van der Waals surface area contributed by atoms with Gasteiger partial charge in [-0.2, -0.15) is 15.6 Å². The van der Waals surface area contributed by atoms with Gasteiger partial charge in [-0.3, -0.25) is 4.79 Å². The van der Waals surface area contributed by atoms with Gasteiger partial charge in [-0.1, -0.05) is 23.7 Å². The lowest BCUT2D eigenvalue weighted by Crippen LogP contribution is -2.35. The summed E-state index contributed by atoms with van der Waals surface area (Å²) in [7, 11) is 0. The van der Waals surface area contributed by atoms with Crippen molar-refractivity contribution in [2.45, 2.75) is 19.4 Å². The first-order chi connectivity index (χ1) is 11.7. The molecular weight excluding hydrogens is 328 g/mol. The maximum absolute atomic E-state index is 12.5. The molecule has 0 fully saturated rings. The van der Waals surface area contributed by atoms with E-state index in [0.717, 1.165) is 0 Å². The van der Waals surface area contributed by atoms with Gasteiger partial charge in [0.05, 0.1) is 30.0 Å². The quantitative estimate of drug-likeness (QED) is 0.768. The molecular formula is C16H15ClN6O. The van der Waals surface area contributed by atoms with Crippen LogP contribution in [0.1, 0.15) is 12.8 Å². The van der Waals surface area contributed by atoms with Crippen LogP contribution in [-0.2, 0) is 11.3 Å². The van der Waals surface area contributed by atoms with E-state index in [1.165, 1.54) is 15.9 Å². The molecule has 0 saturated heterocycles. The van der Waals surface area contributed by atoms with Crippen LogP contribution in [0.25, 0.3) is 11.4 Å². The average Bonchev–Trinajstić information content (AvgIpc) is 3.03. The second-order valence-electron chi connectivity index (χ2n) is 4.92. The zero-order valence-corrected chi connectivity index (χ0v) is 13.6. The normalized spacial score (nSPS) is 9.96. The SMILES string of the molecule is N#CCCN(CCC#N)C(=O)Cn1ncnc1-c1ccccc1Cl. The average molecular weight is 343 g/mol. The molecule has 0 aliphatic rings. The smallest absolute Gasteiger partial charge is 0.244 e. The van der Waals surface area contributed by atoms with Gasteiger partial charge in [-0.15, -0.1) is 0 Å². The molecule has 0 saturated carbocycles. The molecule has 1 amide bonds. The molecule has 0 aliphatic heterocycles. The Morgan fingerprint density at radius 1 is 1.21 bits per heavy atom. The van der Waals surface area contributed by atoms with E-state index in [1.807, 2.05) is 24.3 Å². The van der Waals surface area contributed by atoms with Crippen molar-refractivity contribution in [3.63, 3.8) is 0 Å². The van der Waals surface area contributed by atoms with E-state index in [4.69, 9.17) is 22.1 Å². The zero-order chi connectivity index (χ0) is 17.4. The number of nitrogens with zero attached hydrogens (tertiary/aromatic N) is 6. The molecule has 1 heterocycles. The lowest BCUT2D eigenvalue weighted by molar-refractivity contribution is -0.131. The first-order valence-electron chi connectivity index (χ1n) is 7.31. The van der Waals surface area contributed by atoms with Crippen molar-refractivity contribution in [2.75, 3.05) is 13.1 Å². The second-order valence-corrected chi connectivity index (χ2v) is 5.33. The Kier molecular flexibility index (Phi) is 6.30. The summed E-state index contributed by atoms with van der Waals surface area (Å²) >= 11 is 6.18. The molecule has 8 heteroatoms. The molecule has 0 aliphatic carbocycles. The Balaban J connectivity index is 2.17. The first kappa shape index (κ1) is 17.5. The van der Waals surface area contributed by atoms with Crippen molar-refractivity contribution in [2.24, 2.45) is 0 Å². The van der Waals surface area contributed by atoms with Gasteiger partial charge < -0.3 is 4.90 Å². The standard InChI is InChI=1S/C16H15ClN6O/c17-14-6-2-1-5-13(14)16-20-12-21-23(16)11-15(24)22(9-3-7-18)10-4-8-19/h1-2,5-6,12H,3-4,9-11H2. The third-order valence-electron chi connectivity index (χ3n) is 3.36. The largest absolute Gasteiger partial charge is 0.339 e. The Morgan fingerprint density at radius 3 is 2.50 bits per heavy atom. The van der Waals surface area contributed by atoms with Crippen LogP contribution >= 0.6 is 11.6 Å². The van der Waals surface area contributed by atoms with Crippen LogP contribution < -0.4 is 0 Å². The fourth-order valence-corrected chi connectivity index (χ4v) is 2.41. The van der Waals surface area contributed by atoms with Gasteiger partial charge in [-0.25, -0.2) is 9.67 Å². The molecule has 0 spiro atoms. The number of carbonyl (C=O) groups is 1. The molecule has 1 aromatic heterocycles. The third-order valence-corrected chi connectivity index (χ3v) is 3.68. The van der Waals surface area contributed by atoms with Crippen molar-refractivity contribution in [1.29, 1.82) is 10.5 Å². The Morgan fingerprint density at radius 2 is 1.88 bits per heavy atom. The predicted octanol–water partition coefficient (Wildman–Crippen LogP) is 2.25. The fraction of sp³-hybridized carbons (Fsp3) is 0.312. The van der Waals surface area contributed by atoms with Crippen molar-refractivity contribution in [3.05, 3.63) is 35.6 Å². The minimum absolute atomic E-state index is 0.0303. The van der Waals surface area contributed by atoms with Crippen molar-refractivity contribution in [3.8, 4) is 23.5 Å². The fourth-order valence-electron chi connectivity index (χ4n) is 2.19. The van der Waals surface area contributed by atoms with E-state index in [2.05, 4.69) is 10.1 Å². The molecule has 24 heavy (non-hydrogen) atoms. The summed E-state index contributed by atoms with van der Waals surface area (Å²) in [4.78, 5) is 18.1. The molecule has 0 radical (unpaired) electrons.